The molecule has 3 rings (SSSR count). The first-order valence-corrected chi connectivity index (χ1v) is 10.3. The Kier molecular flexibility index (Phi) is 5.78. The third-order valence-electron chi connectivity index (χ3n) is 3.65. The molecule has 0 radical (unpaired) electrons. The lowest BCUT2D eigenvalue weighted by Crippen LogP contribution is -2.34. The minimum Gasteiger partial charge on any atom is -0.354 e. The third-order valence-corrected chi connectivity index (χ3v) is 6.25. The number of thiophene rings is 2. The lowest BCUT2D eigenvalue weighted by molar-refractivity contribution is -0.120. The van der Waals surface area contributed by atoms with Crippen LogP contribution in [0.15, 0.2) is 39.7 Å². The third kappa shape index (κ3) is 4.30. The highest BCUT2D eigenvalue weighted by molar-refractivity contribution is 7.14. The molecular weight excluding hydrogens is 358 g/mol. The zero-order valence-electron chi connectivity index (χ0n) is 13.6. The van der Waals surface area contributed by atoms with Crippen molar-refractivity contribution in [1.82, 2.24) is 15.2 Å². The molecule has 0 aliphatic heterocycles. The van der Waals surface area contributed by atoms with Gasteiger partial charge in [-0.2, -0.15) is 11.3 Å². The van der Waals surface area contributed by atoms with Crippen molar-refractivity contribution in [3.8, 4) is 10.6 Å². The van der Waals surface area contributed by atoms with Crippen molar-refractivity contribution in [2.24, 2.45) is 0 Å². The van der Waals surface area contributed by atoms with Gasteiger partial charge in [0.05, 0.1) is 18.2 Å². The van der Waals surface area contributed by atoms with Crippen molar-refractivity contribution in [3.05, 3.63) is 50.3 Å². The van der Waals surface area contributed by atoms with Gasteiger partial charge in [0.1, 0.15) is 5.01 Å². The number of carbonyl (C=O) groups excluding carboxylic acids is 1. The highest BCUT2D eigenvalue weighted by Gasteiger charge is 2.17. The summed E-state index contributed by atoms with van der Waals surface area (Å²) in [5.74, 6) is 0.0144. The highest BCUT2D eigenvalue weighted by atomic mass is 32.1. The van der Waals surface area contributed by atoms with Crippen molar-refractivity contribution in [2.45, 2.75) is 12.5 Å². The summed E-state index contributed by atoms with van der Waals surface area (Å²) in [5, 5.41) is 12.2. The summed E-state index contributed by atoms with van der Waals surface area (Å²) in [4.78, 5) is 20.2. The largest absolute Gasteiger partial charge is 0.354 e. The quantitative estimate of drug-likeness (QED) is 0.679. The van der Waals surface area contributed by atoms with E-state index in [4.69, 9.17) is 0 Å². The molecule has 0 fully saturated rings. The fraction of sp³-hybridized carbons (Fsp3) is 0.294. The molecule has 4 nitrogen and oxygen atoms in total. The summed E-state index contributed by atoms with van der Waals surface area (Å²) in [6, 6.07) is 6.40. The minimum absolute atomic E-state index is 0.0144. The first-order chi connectivity index (χ1) is 11.6. The summed E-state index contributed by atoms with van der Waals surface area (Å²) in [5.41, 5.74) is 1.96. The van der Waals surface area contributed by atoms with E-state index in [0.29, 0.717) is 13.0 Å². The van der Waals surface area contributed by atoms with E-state index in [1.807, 2.05) is 30.9 Å². The van der Waals surface area contributed by atoms with Crippen LogP contribution < -0.4 is 5.32 Å². The van der Waals surface area contributed by atoms with Crippen LogP contribution >= 0.6 is 34.0 Å². The minimum atomic E-state index is 0.0144. The number of carbonyl (C=O) groups is 1. The lowest BCUT2D eigenvalue weighted by Gasteiger charge is -2.23. The molecule has 3 aromatic heterocycles. The van der Waals surface area contributed by atoms with Gasteiger partial charge in [-0.15, -0.1) is 22.7 Å². The van der Waals surface area contributed by atoms with Crippen molar-refractivity contribution in [3.63, 3.8) is 0 Å². The molecule has 3 aromatic rings. The summed E-state index contributed by atoms with van der Waals surface area (Å²) in [6.45, 7) is 0.605. The molecule has 0 bridgehead atoms. The molecule has 0 aromatic carbocycles. The molecule has 1 unspecified atom stereocenters. The number of hydrogen-bond acceptors (Lipinski definition) is 6. The predicted octanol–water partition coefficient (Wildman–Crippen LogP) is 3.89. The van der Waals surface area contributed by atoms with E-state index < -0.39 is 0 Å². The summed E-state index contributed by atoms with van der Waals surface area (Å²) in [6.07, 6.45) is 0.325. The van der Waals surface area contributed by atoms with E-state index in [1.54, 1.807) is 34.0 Å². The Hall–Kier alpha value is -1.54. The van der Waals surface area contributed by atoms with E-state index in [-0.39, 0.29) is 11.9 Å². The van der Waals surface area contributed by atoms with Gasteiger partial charge in [-0.25, -0.2) is 4.98 Å². The van der Waals surface area contributed by atoms with Crippen LogP contribution in [0.4, 0.5) is 0 Å². The Balaban J connectivity index is 1.56. The van der Waals surface area contributed by atoms with Crippen LogP contribution in [0.1, 0.15) is 16.6 Å². The Morgan fingerprint density at radius 2 is 2.12 bits per heavy atom. The van der Waals surface area contributed by atoms with E-state index >= 15 is 0 Å². The molecule has 126 valence electrons. The second-order valence-corrected chi connectivity index (χ2v) is 8.25. The number of amides is 1. The molecule has 1 N–H and O–H groups in total. The van der Waals surface area contributed by atoms with Crippen LogP contribution in [-0.2, 0) is 11.2 Å². The second kappa shape index (κ2) is 8.02. The molecule has 0 aliphatic carbocycles. The number of likely N-dealkylation sites (N-methyl/N-ethyl adjacent to an activating group) is 1. The highest BCUT2D eigenvalue weighted by Crippen LogP contribution is 2.26. The van der Waals surface area contributed by atoms with Gasteiger partial charge in [0, 0.05) is 27.7 Å². The van der Waals surface area contributed by atoms with E-state index in [2.05, 4.69) is 38.1 Å². The molecule has 3 heterocycles. The van der Waals surface area contributed by atoms with E-state index in [0.717, 1.165) is 16.3 Å². The second-order valence-electron chi connectivity index (χ2n) is 5.63. The van der Waals surface area contributed by atoms with Gasteiger partial charge in [-0.3, -0.25) is 4.79 Å². The van der Waals surface area contributed by atoms with E-state index in [9.17, 15) is 4.79 Å². The van der Waals surface area contributed by atoms with Gasteiger partial charge in [0.25, 0.3) is 0 Å². The number of hydrogen-bond donors (Lipinski definition) is 1. The van der Waals surface area contributed by atoms with Gasteiger partial charge < -0.3 is 10.2 Å². The first kappa shape index (κ1) is 17.3. The normalized spacial score (nSPS) is 12.5. The van der Waals surface area contributed by atoms with Gasteiger partial charge in [-0.1, -0.05) is 6.07 Å². The molecule has 0 aliphatic rings. The van der Waals surface area contributed by atoms with Crippen LogP contribution in [-0.4, -0.2) is 36.4 Å². The molecule has 1 amide bonds. The van der Waals surface area contributed by atoms with Gasteiger partial charge >= 0.3 is 0 Å². The van der Waals surface area contributed by atoms with Crippen LogP contribution in [0, 0.1) is 0 Å². The lowest BCUT2D eigenvalue weighted by atomic mass is 10.2. The predicted molar refractivity (Wildman–Crippen MR) is 103 cm³/mol. The summed E-state index contributed by atoms with van der Waals surface area (Å²) < 4.78 is 0. The monoisotopic (exact) mass is 377 g/mol. The molecule has 0 spiro atoms. The Bertz CT molecular complexity index is 763. The van der Waals surface area contributed by atoms with Crippen LogP contribution in [0.25, 0.3) is 10.6 Å². The van der Waals surface area contributed by atoms with Crippen LogP contribution in [0.5, 0.6) is 0 Å². The molecule has 1 atom stereocenters. The van der Waals surface area contributed by atoms with Crippen LogP contribution in [0.3, 0.4) is 0 Å². The maximum Gasteiger partial charge on any atom is 0.226 e. The number of nitrogens with zero attached hydrogens (tertiary/aromatic N) is 2. The maximum atomic E-state index is 12.2. The molecular formula is C17H19N3OS3. The number of rotatable bonds is 7. The zero-order chi connectivity index (χ0) is 16.9. The SMILES string of the molecule is CN(C)C(CNC(=O)Cc1csc(-c2ccsc2)n1)c1cccs1. The Morgan fingerprint density at radius 3 is 2.79 bits per heavy atom. The van der Waals surface area contributed by atoms with Crippen molar-refractivity contribution >= 4 is 39.9 Å². The number of aromatic nitrogens is 1. The fourth-order valence-electron chi connectivity index (χ4n) is 2.36. The molecule has 24 heavy (non-hydrogen) atoms. The standard InChI is InChI=1S/C17H19N3OS3/c1-20(2)14(15-4-3-6-23-15)9-18-16(21)8-13-11-24-17(19-13)12-5-7-22-10-12/h3-7,10-11,14H,8-9H2,1-2H3,(H,18,21). The summed E-state index contributed by atoms with van der Waals surface area (Å²) >= 11 is 4.95. The molecule has 7 heteroatoms. The van der Waals surface area contributed by atoms with E-state index in [1.165, 1.54) is 4.88 Å². The Morgan fingerprint density at radius 1 is 1.25 bits per heavy atom. The maximum absolute atomic E-state index is 12.2. The van der Waals surface area contributed by atoms with Gasteiger partial charge in [-0.05, 0) is 37.0 Å². The molecule has 0 saturated heterocycles. The fourth-order valence-corrected chi connectivity index (χ4v) is 4.82. The van der Waals surface area contributed by atoms with Crippen molar-refractivity contribution in [1.29, 1.82) is 0 Å². The van der Waals surface area contributed by atoms with Gasteiger partial charge in [0.15, 0.2) is 0 Å². The smallest absolute Gasteiger partial charge is 0.226 e. The average Bonchev–Trinajstić information content (AvgIpc) is 3.29. The van der Waals surface area contributed by atoms with Gasteiger partial charge in [0.2, 0.25) is 5.91 Å². The average molecular weight is 378 g/mol. The zero-order valence-corrected chi connectivity index (χ0v) is 16.0. The first-order valence-electron chi connectivity index (χ1n) is 7.57. The molecule has 0 saturated carbocycles. The summed E-state index contributed by atoms with van der Waals surface area (Å²) in [7, 11) is 4.06. The Labute approximate surface area is 153 Å². The number of thiazole rings is 1. The van der Waals surface area contributed by atoms with Crippen LogP contribution in [0.2, 0.25) is 0 Å². The topological polar surface area (TPSA) is 45.2 Å². The number of nitrogens with one attached hydrogen (secondary N) is 1. The van der Waals surface area contributed by atoms with Crippen molar-refractivity contribution < 1.29 is 4.79 Å². The van der Waals surface area contributed by atoms with Crippen molar-refractivity contribution in [2.75, 3.05) is 20.6 Å².